The molecule has 0 aliphatic heterocycles. The molecule has 0 spiro atoms. The lowest BCUT2D eigenvalue weighted by molar-refractivity contribution is -0.387. The normalized spacial score (nSPS) is 11.8. The number of nitrogens with one attached hydrogen (secondary N) is 1. The van der Waals surface area contributed by atoms with Gasteiger partial charge in [0.25, 0.3) is 5.91 Å². The second-order valence-electron chi connectivity index (χ2n) is 3.59. The number of carboxylic acid groups (broad SMARTS) is 1. The van der Waals surface area contributed by atoms with E-state index in [1.807, 2.05) is 0 Å². The summed E-state index contributed by atoms with van der Waals surface area (Å²) in [4.78, 5) is 31.4. The predicted molar refractivity (Wildman–Crippen MR) is 59.0 cm³/mol. The first-order valence-corrected chi connectivity index (χ1v) is 5.06. The maximum atomic E-state index is 13.6. The largest absolute Gasteiger partial charge is 0.480 e. The zero-order valence-corrected chi connectivity index (χ0v) is 9.67. The van der Waals surface area contributed by atoms with Crippen LogP contribution in [-0.4, -0.2) is 39.7 Å². The zero-order valence-electron chi connectivity index (χ0n) is 9.67. The molecule has 10 heteroatoms. The van der Waals surface area contributed by atoms with Gasteiger partial charge in [-0.1, -0.05) is 0 Å². The van der Waals surface area contributed by atoms with Crippen molar-refractivity contribution in [2.45, 2.75) is 6.04 Å². The van der Waals surface area contributed by atoms with Gasteiger partial charge >= 0.3 is 11.7 Å². The SMILES string of the molecule is O=C(N[C@H](CO)C(=O)O)c1cc(F)cc([N+](=O)[O-])c1F. The van der Waals surface area contributed by atoms with E-state index in [2.05, 4.69) is 0 Å². The fraction of sp³-hybridized carbons (Fsp3) is 0.200. The lowest BCUT2D eigenvalue weighted by Gasteiger charge is -2.12. The van der Waals surface area contributed by atoms with Crippen molar-refractivity contribution >= 4 is 17.6 Å². The highest BCUT2D eigenvalue weighted by molar-refractivity contribution is 5.97. The van der Waals surface area contributed by atoms with Crippen LogP contribution in [0.3, 0.4) is 0 Å². The van der Waals surface area contributed by atoms with Crippen molar-refractivity contribution in [1.29, 1.82) is 0 Å². The van der Waals surface area contributed by atoms with E-state index >= 15 is 0 Å². The van der Waals surface area contributed by atoms with Crippen molar-refractivity contribution in [1.82, 2.24) is 5.32 Å². The molecule has 3 N–H and O–H groups in total. The summed E-state index contributed by atoms with van der Waals surface area (Å²) in [5.41, 5.74) is -2.29. The molecule has 0 aliphatic rings. The lowest BCUT2D eigenvalue weighted by atomic mass is 10.1. The van der Waals surface area contributed by atoms with E-state index in [0.717, 1.165) is 0 Å². The van der Waals surface area contributed by atoms with Crippen molar-refractivity contribution in [3.8, 4) is 0 Å². The summed E-state index contributed by atoms with van der Waals surface area (Å²) in [6.07, 6.45) is 0. The van der Waals surface area contributed by atoms with Gasteiger partial charge in [0.2, 0.25) is 5.82 Å². The van der Waals surface area contributed by atoms with E-state index in [4.69, 9.17) is 10.2 Å². The Morgan fingerprint density at radius 1 is 1.40 bits per heavy atom. The molecule has 0 fully saturated rings. The van der Waals surface area contributed by atoms with Crippen LogP contribution in [0.2, 0.25) is 0 Å². The number of carbonyl (C=O) groups is 2. The van der Waals surface area contributed by atoms with Crippen molar-refractivity contribution in [2.24, 2.45) is 0 Å². The van der Waals surface area contributed by atoms with Gasteiger partial charge in [-0.05, 0) is 6.07 Å². The average molecular weight is 290 g/mol. The van der Waals surface area contributed by atoms with Crippen molar-refractivity contribution in [2.75, 3.05) is 6.61 Å². The minimum Gasteiger partial charge on any atom is -0.480 e. The number of nitro benzene ring substituents is 1. The molecule has 8 nitrogen and oxygen atoms in total. The summed E-state index contributed by atoms with van der Waals surface area (Å²) in [5, 5.41) is 29.4. The molecule has 0 aromatic heterocycles. The fourth-order valence-electron chi connectivity index (χ4n) is 1.29. The van der Waals surface area contributed by atoms with Crippen molar-refractivity contribution < 1.29 is 33.5 Å². The van der Waals surface area contributed by atoms with Crippen molar-refractivity contribution in [3.05, 3.63) is 39.4 Å². The van der Waals surface area contributed by atoms with Crippen LogP contribution in [0.4, 0.5) is 14.5 Å². The summed E-state index contributed by atoms with van der Waals surface area (Å²) in [6.45, 7) is -0.986. The summed E-state index contributed by atoms with van der Waals surface area (Å²) >= 11 is 0. The third-order valence-electron chi connectivity index (χ3n) is 2.25. The summed E-state index contributed by atoms with van der Waals surface area (Å²) in [5.74, 6) is -5.84. The number of halogens is 2. The standard InChI is InChI=1S/C10H8F2N2O6/c11-4-1-5(8(12)7(2-4)14(19)20)9(16)13-6(3-15)10(17)18/h1-2,6,15H,3H2,(H,13,16)(H,17,18)/t6-/m1/s1. The molecule has 0 saturated carbocycles. The molecule has 0 bridgehead atoms. The van der Waals surface area contributed by atoms with E-state index in [-0.39, 0.29) is 6.07 Å². The Hall–Kier alpha value is -2.62. The van der Waals surface area contributed by atoms with Gasteiger partial charge < -0.3 is 15.5 Å². The minimum absolute atomic E-state index is 0.285. The van der Waals surface area contributed by atoms with Crippen molar-refractivity contribution in [3.63, 3.8) is 0 Å². The number of aliphatic hydroxyl groups excluding tert-OH is 1. The summed E-state index contributed by atoms with van der Waals surface area (Å²) in [7, 11) is 0. The number of aliphatic hydroxyl groups is 1. The molecule has 20 heavy (non-hydrogen) atoms. The molecule has 1 aromatic carbocycles. The van der Waals surface area contributed by atoms with E-state index < -0.39 is 52.3 Å². The van der Waals surface area contributed by atoms with Crippen LogP contribution < -0.4 is 5.32 Å². The molecular weight excluding hydrogens is 282 g/mol. The number of nitro groups is 1. The van der Waals surface area contributed by atoms with Crippen LogP contribution >= 0.6 is 0 Å². The van der Waals surface area contributed by atoms with Gasteiger partial charge in [0.15, 0.2) is 6.04 Å². The number of amides is 1. The fourth-order valence-corrected chi connectivity index (χ4v) is 1.29. The van der Waals surface area contributed by atoms with Gasteiger partial charge in [-0.15, -0.1) is 0 Å². The van der Waals surface area contributed by atoms with Crippen LogP contribution in [0.5, 0.6) is 0 Å². The molecule has 0 unspecified atom stereocenters. The summed E-state index contributed by atoms with van der Waals surface area (Å²) in [6, 6.07) is -1.08. The van der Waals surface area contributed by atoms with E-state index in [1.165, 1.54) is 0 Å². The Balaban J connectivity index is 3.16. The lowest BCUT2D eigenvalue weighted by Crippen LogP contribution is -2.43. The van der Waals surface area contributed by atoms with Crippen LogP contribution in [0, 0.1) is 21.7 Å². The Labute approximate surface area is 109 Å². The number of carboxylic acids is 1. The maximum Gasteiger partial charge on any atom is 0.328 e. The van der Waals surface area contributed by atoms with Gasteiger partial charge in [-0.2, -0.15) is 4.39 Å². The highest BCUT2D eigenvalue weighted by atomic mass is 19.1. The van der Waals surface area contributed by atoms with Crippen LogP contribution in [-0.2, 0) is 4.79 Å². The highest BCUT2D eigenvalue weighted by Gasteiger charge is 2.27. The van der Waals surface area contributed by atoms with E-state index in [1.54, 1.807) is 5.32 Å². The molecule has 0 aliphatic carbocycles. The third-order valence-corrected chi connectivity index (χ3v) is 2.25. The number of hydrogen-bond acceptors (Lipinski definition) is 5. The number of nitrogens with zero attached hydrogens (tertiary/aromatic N) is 1. The first-order valence-electron chi connectivity index (χ1n) is 5.06. The molecule has 108 valence electrons. The van der Waals surface area contributed by atoms with E-state index in [9.17, 15) is 28.5 Å². The Morgan fingerprint density at radius 3 is 2.45 bits per heavy atom. The first-order chi connectivity index (χ1) is 9.27. The van der Waals surface area contributed by atoms with Crippen LogP contribution in [0.15, 0.2) is 12.1 Å². The third kappa shape index (κ3) is 3.23. The molecule has 0 heterocycles. The number of benzene rings is 1. The zero-order chi connectivity index (χ0) is 15.4. The van der Waals surface area contributed by atoms with Gasteiger partial charge in [-0.25, -0.2) is 9.18 Å². The van der Waals surface area contributed by atoms with Gasteiger partial charge in [0.1, 0.15) is 5.82 Å². The molecule has 0 saturated heterocycles. The van der Waals surface area contributed by atoms with Gasteiger partial charge in [0.05, 0.1) is 23.2 Å². The minimum atomic E-state index is -1.75. The van der Waals surface area contributed by atoms with Gasteiger partial charge in [-0.3, -0.25) is 14.9 Å². The van der Waals surface area contributed by atoms with E-state index in [0.29, 0.717) is 6.07 Å². The number of aliphatic carboxylic acids is 1. The van der Waals surface area contributed by atoms with Gasteiger partial charge in [0, 0.05) is 0 Å². The predicted octanol–water partition coefficient (Wildman–Crippen LogP) is 0.0483. The number of hydrogen-bond donors (Lipinski definition) is 3. The summed E-state index contributed by atoms with van der Waals surface area (Å²) < 4.78 is 26.7. The monoisotopic (exact) mass is 290 g/mol. The quantitative estimate of drug-likeness (QED) is 0.519. The number of rotatable bonds is 5. The topological polar surface area (TPSA) is 130 Å². The Bertz CT molecular complexity index is 577. The first kappa shape index (κ1) is 15.4. The second-order valence-corrected chi connectivity index (χ2v) is 3.59. The molecule has 0 radical (unpaired) electrons. The second kappa shape index (κ2) is 6.02. The molecule has 1 rings (SSSR count). The Kier molecular flexibility index (Phi) is 4.64. The average Bonchev–Trinajstić information content (AvgIpc) is 2.37. The smallest absolute Gasteiger partial charge is 0.328 e. The molecule has 1 aromatic rings. The molecule has 1 amide bonds. The Morgan fingerprint density at radius 2 is 2.00 bits per heavy atom. The maximum absolute atomic E-state index is 13.6. The number of carbonyl (C=O) groups excluding carboxylic acids is 1. The molecular formula is C10H8F2N2O6. The molecule has 1 atom stereocenters. The van der Waals surface area contributed by atoms with Crippen LogP contribution in [0.1, 0.15) is 10.4 Å². The van der Waals surface area contributed by atoms with Crippen LogP contribution in [0.25, 0.3) is 0 Å². The highest BCUT2D eigenvalue weighted by Crippen LogP contribution is 2.22.